The third-order valence-electron chi connectivity index (χ3n) is 5.98. The smallest absolute Gasteiger partial charge is 0.222 e. The van der Waals surface area contributed by atoms with Gasteiger partial charge in [0.05, 0.1) is 19.4 Å². The lowest BCUT2D eigenvalue weighted by Crippen LogP contribution is -2.41. The summed E-state index contributed by atoms with van der Waals surface area (Å²) in [5, 5.41) is 4.52. The number of rotatable bonds is 5. The summed E-state index contributed by atoms with van der Waals surface area (Å²) in [4.78, 5) is 21.6. The molecule has 1 amide bonds. The van der Waals surface area contributed by atoms with Crippen LogP contribution >= 0.6 is 0 Å². The summed E-state index contributed by atoms with van der Waals surface area (Å²) in [6.45, 7) is 9.99. The number of hydrogen-bond donors (Lipinski definition) is 0. The number of fused-ring (bicyclic) bond motifs is 1. The molecule has 0 aliphatic carbocycles. The number of carbonyl (C=O) groups is 1. The molecule has 2 aromatic rings. The van der Waals surface area contributed by atoms with E-state index in [1.165, 1.54) is 18.4 Å². The lowest BCUT2D eigenvalue weighted by molar-refractivity contribution is -0.135. The summed E-state index contributed by atoms with van der Waals surface area (Å²) in [5.74, 6) is 0.884. The van der Waals surface area contributed by atoms with Gasteiger partial charge >= 0.3 is 0 Å². The Morgan fingerprint density at radius 3 is 2.89 bits per heavy atom. The SMILES string of the molecule is Cc1cc(C)n2ncc(CN3CCCC(CCC(=O)N4CCOCC4)C3)c2n1. The van der Waals surface area contributed by atoms with Crippen molar-refractivity contribution in [2.75, 3.05) is 39.4 Å². The summed E-state index contributed by atoms with van der Waals surface area (Å²) in [5.41, 5.74) is 4.32. The zero-order chi connectivity index (χ0) is 19.5. The van der Waals surface area contributed by atoms with Crippen LogP contribution in [0.5, 0.6) is 0 Å². The first kappa shape index (κ1) is 19.3. The molecule has 0 N–H and O–H groups in total. The molecule has 4 rings (SSSR count). The normalized spacial score (nSPS) is 21.4. The van der Waals surface area contributed by atoms with E-state index in [0.29, 0.717) is 31.5 Å². The van der Waals surface area contributed by atoms with Crippen LogP contribution in [0.1, 0.15) is 42.6 Å². The van der Waals surface area contributed by atoms with Crippen molar-refractivity contribution >= 4 is 11.6 Å². The van der Waals surface area contributed by atoms with Gasteiger partial charge in [-0.15, -0.1) is 0 Å². The molecular weight excluding hydrogens is 354 g/mol. The number of amides is 1. The van der Waals surface area contributed by atoms with Crippen LogP contribution in [-0.2, 0) is 16.1 Å². The Morgan fingerprint density at radius 2 is 2.07 bits per heavy atom. The van der Waals surface area contributed by atoms with E-state index in [2.05, 4.69) is 23.0 Å². The predicted molar refractivity (Wildman–Crippen MR) is 107 cm³/mol. The van der Waals surface area contributed by atoms with E-state index in [4.69, 9.17) is 9.72 Å². The molecule has 152 valence electrons. The molecule has 0 bridgehead atoms. The Hall–Kier alpha value is -1.99. The second-order valence-corrected chi connectivity index (χ2v) is 8.22. The molecule has 4 heterocycles. The monoisotopic (exact) mass is 385 g/mol. The minimum atomic E-state index is 0.290. The molecule has 2 aromatic heterocycles. The minimum absolute atomic E-state index is 0.290. The van der Waals surface area contributed by atoms with E-state index >= 15 is 0 Å². The molecule has 0 spiro atoms. The van der Waals surface area contributed by atoms with Crippen molar-refractivity contribution in [1.29, 1.82) is 0 Å². The van der Waals surface area contributed by atoms with E-state index in [1.807, 2.05) is 22.5 Å². The van der Waals surface area contributed by atoms with Gasteiger partial charge in [0.15, 0.2) is 5.65 Å². The molecule has 2 aliphatic heterocycles. The lowest BCUT2D eigenvalue weighted by Gasteiger charge is -2.33. The molecule has 7 heteroatoms. The first-order chi connectivity index (χ1) is 13.6. The number of likely N-dealkylation sites (tertiary alicyclic amines) is 1. The fraction of sp³-hybridized carbons (Fsp3) is 0.667. The summed E-state index contributed by atoms with van der Waals surface area (Å²) in [7, 11) is 0. The first-order valence-corrected chi connectivity index (χ1v) is 10.5. The fourth-order valence-electron chi connectivity index (χ4n) is 4.50. The van der Waals surface area contributed by atoms with Gasteiger partial charge in [0.1, 0.15) is 0 Å². The molecule has 28 heavy (non-hydrogen) atoms. The Balaban J connectivity index is 1.33. The highest BCUT2D eigenvalue weighted by atomic mass is 16.5. The van der Waals surface area contributed by atoms with Gasteiger partial charge in [-0.3, -0.25) is 9.69 Å². The van der Waals surface area contributed by atoms with Crippen molar-refractivity contribution in [3.05, 3.63) is 29.2 Å². The second kappa shape index (κ2) is 8.57. The predicted octanol–water partition coefficient (Wildman–Crippen LogP) is 2.20. The van der Waals surface area contributed by atoms with Crippen molar-refractivity contribution in [3.8, 4) is 0 Å². The van der Waals surface area contributed by atoms with E-state index in [-0.39, 0.29) is 0 Å². The number of aromatic nitrogens is 3. The number of ether oxygens (including phenoxy) is 1. The zero-order valence-electron chi connectivity index (χ0n) is 17.1. The van der Waals surface area contributed by atoms with Crippen LogP contribution in [0.4, 0.5) is 0 Å². The number of hydrogen-bond acceptors (Lipinski definition) is 5. The number of carbonyl (C=O) groups excluding carboxylic acids is 1. The van der Waals surface area contributed by atoms with Crippen LogP contribution < -0.4 is 0 Å². The minimum Gasteiger partial charge on any atom is -0.378 e. The maximum absolute atomic E-state index is 12.4. The molecule has 1 unspecified atom stereocenters. The van der Waals surface area contributed by atoms with E-state index in [9.17, 15) is 4.79 Å². The molecule has 2 aliphatic rings. The largest absolute Gasteiger partial charge is 0.378 e. The summed E-state index contributed by atoms with van der Waals surface area (Å²) < 4.78 is 7.28. The molecule has 0 saturated carbocycles. The third kappa shape index (κ3) is 4.36. The standard InChI is InChI=1S/C21H31N5O2/c1-16-12-17(2)26-21(23-16)19(13-22-26)15-24-7-3-4-18(14-24)5-6-20(27)25-8-10-28-11-9-25/h12-13,18H,3-11,14-15H2,1-2H3. The first-order valence-electron chi connectivity index (χ1n) is 10.5. The van der Waals surface area contributed by atoms with Crippen LogP contribution in [0.25, 0.3) is 5.65 Å². The van der Waals surface area contributed by atoms with Crippen molar-refractivity contribution in [2.24, 2.45) is 5.92 Å². The Morgan fingerprint density at radius 1 is 1.25 bits per heavy atom. The zero-order valence-corrected chi connectivity index (χ0v) is 17.1. The van der Waals surface area contributed by atoms with Crippen LogP contribution in [-0.4, -0.2) is 69.7 Å². The average Bonchev–Trinajstić information content (AvgIpc) is 3.10. The molecule has 0 radical (unpaired) electrons. The van der Waals surface area contributed by atoms with Gasteiger partial charge < -0.3 is 9.64 Å². The van der Waals surface area contributed by atoms with E-state index < -0.39 is 0 Å². The Bertz CT molecular complexity index is 828. The van der Waals surface area contributed by atoms with Gasteiger partial charge in [0.2, 0.25) is 5.91 Å². The average molecular weight is 386 g/mol. The number of aryl methyl sites for hydroxylation is 2. The van der Waals surface area contributed by atoms with Crippen LogP contribution in [0.2, 0.25) is 0 Å². The van der Waals surface area contributed by atoms with Crippen molar-refractivity contribution in [3.63, 3.8) is 0 Å². The Labute approximate surface area is 166 Å². The third-order valence-corrected chi connectivity index (χ3v) is 5.98. The summed E-state index contributed by atoms with van der Waals surface area (Å²) in [6.07, 6.45) is 6.02. The number of morpholine rings is 1. The second-order valence-electron chi connectivity index (χ2n) is 8.22. The van der Waals surface area contributed by atoms with Gasteiger partial charge in [-0.25, -0.2) is 9.50 Å². The molecule has 0 aromatic carbocycles. The highest BCUT2D eigenvalue weighted by Crippen LogP contribution is 2.24. The fourth-order valence-corrected chi connectivity index (χ4v) is 4.50. The molecule has 2 saturated heterocycles. The maximum Gasteiger partial charge on any atom is 0.222 e. The van der Waals surface area contributed by atoms with Crippen LogP contribution in [0.15, 0.2) is 12.3 Å². The van der Waals surface area contributed by atoms with E-state index in [0.717, 1.165) is 56.2 Å². The highest BCUT2D eigenvalue weighted by molar-refractivity contribution is 5.76. The molecule has 7 nitrogen and oxygen atoms in total. The van der Waals surface area contributed by atoms with Crippen molar-refractivity contribution < 1.29 is 9.53 Å². The summed E-state index contributed by atoms with van der Waals surface area (Å²) in [6, 6.07) is 2.06. The lowest BCUT2D eigenvalue weighted by atomic mass is 9.93. The van der Waals surface area contributed by atoms with Gasteiger partial charge in [-0.05, 0) is 51.6 Å². The Kier molecular flexibility index (Phi) is 5.92. The molecule has 2 fully saturated rings. The maximum atomic E-state index is 12.4. The molecule has 1 atom stereocenters. The van der Waals surface area contributed by atoms with Crippen molar-refractivity contribution in [2.45, 2.75) is 46.1 Å². The van der Waals surface area contributed by atoms with Gasteiger partial charge in [0, 0.05) is 49.6 Å². The number of piperidine rings is 1. The summed E-state index contributed by atoms with van der Waals surface area (Å²) >= 11 is 0. The topological polar surface area (TPSA) is 63.0 Å². The van der Waals surface area contributed by atoms with Crippen LogP contribution in [0.3, 0.4) is 0 Å². The molecular formula is C21H31N5O2. The highest BCUT2D eigenvalue weighted by Gasteiger charge is 2.24. The van der Waals surface area contributed by atoms with Gasteiger partial charge in [-0.2, -0.15) is 5.10 Å². The number of nitrogens with zero attached hydrogens (tertiary/aromatic N) is 5. The quantitative estimate of drug-likeness (QED) is 0.790. The van der Waals surface area contributed by atoms with Crippen LogP contribution in [0, 0.1) is 19.8 Å². The van der Waals surface area contributed by atoms with E-state index in [1.54, 1.807) is 0 Å². The van der Waals surface area contributed by atoms with Gasteiger partial charge in [0.25, 0.3) is 0 Å². The van der Waals surface area contributed by atoms with Crippen molar-refractivity contribution in [1.82, 2.24) is 24.4 Å². The van der Waals surface area contributed by atoms with Gasteiger partial charge in [-0.1, -0.05) is 0 Å².